The summed E-state index contributed by atoms with van der Waals surface area (Å²) < 4.78 is 8.12. The number of thiophene rings is 1. The van der Waals surface area contributed by atoms with E-state index in [4.69, 9.17) is 10.5 Å². The average Bonchev–Trinajstić information content (AvgIpc) is 3.35. The largest absolute Gasteiger partial charge is 0.384 e. The first kappa shape index (κ1) is 18.3. The van der Waals surface area contributed by atoms with Gasteiger partial charge in [-0.15, -0.1) is 11.3 Å². The molecule has 0 bridgehead atoms. The molecule has 8 heteroatoms. The standard InChI is InChI=1S/C21H23N5O2S/c1-25-11-8-23-19(25)20(27)26-9-6-21(7-10-26)14-13-17(29-16(14)5-12-28-21)15-3-2-4-18(22)24-15/h2-4,8,11,13H,5-7,9-10,12H2,1H3,(H2,22,24). The highest BCUT2D eigenvalue weighted by atomic mass is 32.1. The van der Waals surface area contributed by atoms with Crippen molar-refractivity contribution >= 4 is 23.1 Å². The van der Waals surface area contributed by atoms with Gasteiger partial charge in [-0.2, -0.15) is 0 Å². The van der Waals surface area contributed by atoms with Gasteiger partial charge in [-0.1, -0.05) is 6.07 Å². The molecule has 0 unspecified atom stereocenters. The smallest absolute Gasteiger partial charge is 0.289 e. The molecule has 0 aromatic carbocycles. The Morgan fingerprint density at radius 2 is 2.14 bits per heavy atom. The average molecular weight is 410 g/mol. The monoisotopic (exact) mass is 409 g/mol. The van der Waals surface area contributed by atoms with Crippen LogP contribution in [-0.2, 0) is 23.8 Å². The Bertz CT molecular complexity index is 1060. The van der Waals surface area contributed by atoms with E-state index in [1.54, 1.807) is 34.4 Å². The lowest BCUT2D eigenvalue weighted by atomic mass is 9.82. The summed E-state index contributed by atoms with van der Waals surface area (Å²) in [7, 11) is 1.85. The minimum Gasteiger partial charge on any atom is -0.384 e. The van der Waals surface area contributed by atoms with Gasteiger partial charge in [-0.25, -0.2) is 9.97 Å². The number of amides is 1. The number of anilines is 1. The molecule has 0 radical (unpaired) electrons. The zero-order valence-electron chi connectivity index (χ0n) is 16.3. The van der Waals surface area contributed by atoms with E-state index in [2.05, 4.69) is 16.0 Å². The summed E-state index contributed by atoms with van der Waals surface area (Å²) in [6, 6.07) is 7.95. The molecule has 150 valence electrons. The van der Waals surface area contributed by atoms with Gasteiger partial charge in [0.1, 0.15) is 5.82 Å². The number of carbonyl (C=O) groups is 1. The molecule has 3 aromatic rings. The molecule has 1 amide bonds. The van der Waals surface area contributed by atoms with Gasteiger partial charge in [0.2, 0.25) is 0 Å². The van der Waals surface area contributed by atoms with Gasteiger partial charge in [0.25, 0.3) is 5.91 Å². The Morgan fingerprint density at radius 1 is 1.31 bits per heavy atom. The number of nitrogen functional groups attached to an aromatic ring is 1. The van der Waals surface area contributed by atoms with Crippen LogP contribution < -0.4 is 5.73 Å². The highest BCUT2D eigenvalue weighted by Crippen LogP contribution is 2.46. The number of pyridine rings is 1. The zero-order valence-corrected chi connectivity index (χ0v) is 17.1. The van der Waals surface area contributed by atoms with E-state index in [1.165, 1.54) is 10.4 Å². The van der Waals surface area contributed by atoms with Crippen LogP contribution in [0.25, 0.3) is 10.6 Å². The molecule has 5 rings (SSSR count). The Morgan fingerprint density at radius 3 is 2.86 bits per heavy atom. The summed E-state index contributed by atoms with van der Waals surface area (Å²) in [5.41, 5.74) is 7.72. The number of ether oxygens (including phenoxy) is 1. The van der Waals surface area contributed by atoms with E-state index in [0.29, 0.717) is 31.3 Å². The summed E-state index contributed by atoms with van der Waals surface area (Å²) in [4.78, 5) is 25.9. The van der Waals surface area contributed by atoms with Crippen molar-refractivity contribution in [2.75, 3.05) is 25.4 Å². The van der Waals surface area contributed by atoms with Crippen molar-refractivity contribution in [2.45, 2.75) is 24.9 Å². The lowest BCUT2D eigenvalue weighted by Gasteiger charge is -2.43. The summed E-state index contributed by atoms with van der Waals surface area (Å²) in [5.74, 6) is 0.996. The minimum atomic E-state index is -0.318. The van der Waals surface area contributed by atoms with E-state index in [1.807, 2.05) is 24.1 Å². The molecular weight excluding hydrogens is 386 g/mol. The molecular formula is C21H23N5O2S. The molecule has 7 nitrogen and oxygen atoms in total. The van der Waals surface area contributed by atoms with E-state index in [0.717, 1.165) is 29.8 Å². The Labute approximate surface area is 173 Å². The number of hydrogen-bond acceptors (Lipinski definition) is 6. The number of hydrogen-bond donors (Lipinski definition) is 1. The first-order valence-electron chi connectivity index (χ1n) is 9.82. The van der Waals surface area contributed by atoms with Gasteiger partial charge in [0.15, 0.2) is 5.82 Å². The normalized spacial score (nSPS) is 18.0. The zero-order chi connectivity index (χ0) is 20.0. The number of nitrogens with two attached hydrogens (primary N) is 1. The molecule has 2 aliphatic heterocycles. The van der Waals surface area contributed by atoms with Crippen molar-refractivity contribution in [1.82, 2.24) is 19.4 Å². The van der Waals surface area contributed by atoms with Crippen LogP contribution in [0.1, 0.15) is 33.9 Å². The molecule has 0 aliphatic carbocycles. The Kier molecular flexibility index (Phi) is 4.40. The predicted molar refractivity (Wildman–Crippen MR) is 112 cm³/mol. The quantitative estimate of drug-likeness (QED) is 0.703. The molecule has 29 heavy (non-hydrogen) atoms. The second kappa shape index (κ2) is 6.96. The fraction of sp³-hybridized carbons (Fsp3) is 0.381. The molecule has 2 aliphatic rings. The topological polar surface area (TPSA) is 86.3 Å². The van der Waals surface area contributed by atoms with Crippen LogP contribution >= 0.6 is 11.3 Å². The number of imidazole rings is 1. The molecule has 0 atom stereocenters. The number of aromatic nitrogens is 3. The van der Waals surface area contributed by atoms with Crippen molar-refractivity contribution in [3.8, 4) is 10.6 Å². The first-order chi connectivity index (χ1) is 14.1. The maximum Gasteiger partial charge on any atom is 0.289 e. The summed E-state index contributed by atoms with van der Waals surface area (Å²) in [6.07, 6.45) is 5.95. The number of carbonyl (C=O) groups excluding carboxylic acids is 1. The lowest BCUT2D eigenvalue weighted by Crippen LogP contribution is -2.48. The predicted octanol–water partition coefficient (Wildman–Crippen LogP) is 2.83. The van der Waals surface area contributed by atoms with Crippen molar-refractivity contribution in [1.29, 1.82) is 0 Å². The number of likely N-dealkylation sites (tertiary alicyclic amines) is 1. The van der Waals surface area contributed by atoms with E-state index in [-0.39, 0.29) is 11.5 Å². The summed E-state index contributed by atoms with van der Waals surface area (Å²) in [5, 5.41) is 0. The van der Waals surface area contributed by atoms with Crippen molar-refractivity contribution in [3.63, 3.8) is 0 Å². The maximum atomic E-state index is 12.8. The SMILES string of the molecule is Cn1ccnc1C(=O)N1CCC2(CC1)OCCc1sc(-c3cccc(N)n3)cc12. The third-order valence-corrected chi connectivity index (χ3v) is 7.12. The fourth-order valence-corrected chi connectivity index (χ4v) is 5.53. The van der Waals surface area contributed by atoms with Crippen molar-refractivity contribution in [2.24, 2.45) is 7.05 Å². The van der Waals surface area contributed by atoms with Crippen LogP contribution in [0.3, 0.4) is 0 Å². The maximum absolute atomic E-state index is 12.8. The lowest BCUT2D eigenvalue weighted by molar-refractivity contribution is -0.0927. The Hall–Kier alpha value is -2.71. The minimum absolute atomic E-state index is 0.0154. The van der Waals surface area contributed by atoms with Crippen molar-refractivity contribution in [3.05, 3.63) is 52.9 Å². The number of nitrogens with zero attached hydrogens (tertiary/aromatic N) is 4. The summed E-state index contributed by atoms with van der Waals surface area (Å²) >= 11 is 1.78. The number of fused-ring (bicyclic) bond motifs is 2. The van der Waals surface area contributed by atoms with Crippen molar-refractivity contribution < 1.29 is 9.53 Å². The van der Waals surface area contributed by atoms with Gasteiger partial charge in [-0.05, 0) is 36.6 Å². The first-order valence-corrected chi connectivity index (χ1v) is 10.6. The molecule has 1 saturated heterocycles. The van der Waals surface area contributed by atoms with Gasteiger partial charge in [-0.3, -0.25) is 4.79 Å². The fourth-order valence-electron chi connectivity index (χ4n) is 4.33. The summed E-state index contributed by atoms with van der Waals surface area (Å²) in [6.45, 7) is 2.03. The highest BCUT2D eigenvalue weighted by molar-refractivity contribution is 7.15. The van der Waals surface area contributed by atoms with Crippen LogP contribution in [-0.4, -0.2) is 45.0 Å². The molecule has 1 fully saturated rings. The number of piperidine rings is 1. The van der Waals surface area contributed by atoms with Gasteiger partial charge >= 0.3 is 0 Å². The highest BCUT2D eigenvalue weighted by Gasteiger charge is 2.43. The third kappa shape index (κ3) is 3.12. The van der Waals surface area contributed by atoms with Crippen LogP contribution in [0.4, 0.5) is 5.82 Å². The molecule has 1 spiro atoms. The van der Waals surface area contributed by atoms with Crippen LogP contribution in [0.5, 0.6) is 0 Å². The van der Waals surface area contributed by atoms with Gasteiger partial charge in [0, 0.05) is 43.8 Å². The number of aryl methyl sites for hydroxylation is 1. The van der Waals surface area contributed by atoms with Gasteiger partial charge in [0.05, 0.1) is 22.8 Å². The van der Waals surface area contributed by atoms with E-state index in [9.17, 15) is 4.79 Å². The molecule has 2 N–H and O–H groups in total. The second-order valence-corrected chi connectivity index (χ2v) is 8.78. The van der Waals surface area contributed by atoms with Crippen LogP contribution in [0.2, 0.25) is 0 Å². The van der Waals surface area contributed by atoms with Gasteiger partial charge < -0.3 is 19.9 Å². The Balaban J connectivity index is 1.40. The third-order valence-electron chi connectivity index (χ3n) is 5.90. The van der Waals surface area contributed by atoms with E-state index >= 15 is 0 Å². The van der Waals surface area contributed by atoms with Crippen LogP contribution in [0.15, 0.2) is 36.7 Å². The molecule has 0 saturated carbocycles. The number of rotatable bonds is 2. The second-order valence-electron chi connectivity index (χ2n) is 7.64. The van der Waals surface area contributed by atoms with E-state index < -0.39 is 0 Å². The van der Waals surface area contributed by atoms with Crippen LogP contribution in [0, 0.1) is 0 Å². The molecule has 5 heterocycles. The molecule has 3 aromatic heterocycles.